The van der Waals surface area contributed by atoms with Crippen LogP contribution in [0.5, 0.6) is 11.5 Å². The standard InChI is InChI=1S/C14H21NO2S.C9H12O2/c1-5-17-13(16)11-8-18-12-9(2)6-14(3,4)7-10(12)15-11;1-7-4-5-8(10-2)9(6-7)11-3/h11,15H,2,5-8H2,1,3-4H3;4-6H,1-3H3. The van der Waals surface area contributed by atoms with Gasteiger partial charge in [-0.15, -0.1) is 11.8 Å². The summed E-state index contributed by atoms with van der Waals surface area (Å²) in [6.45, 7) is 12.9. The molecule has 0 amide bonds. The van der Waals surface area contributed by atoms with Crippen LogP contribution in [-0.4, -0.2) is 38.6 Å². The van der Waals surface area contributed by atoms with Crippen molar-refractivity contribution < 1.29 is 19.0 Å². The van der Waals surface area contributed by atoms with Crippen LogP contribution in [0.2, 0.25) is 0 Å². The Morgan fingerprint density at radius 2 is 1.93 bits per heavy atom. The Labute approximate surface area is 178 Å². The minimum Gasteiger partial charge on any atom is -0.493 e. The van der Waals surface area contributed by atoms with E-state index in [-0.39, 0.29) is 17.4 Å². The lowest BCUT2D eigenvalue weighted by atomic mass is 9.77. The van der Waals surface area contributed by atoms with Crippen LogP contribution in [0.4, 0.5) is 0 Å². The van der Waals surface area contributed by atoms with Gasteiger partial charge in [0.2, 0.25) is 0 Å². The molecule has 0 spiro atoms. The molecule has 3 rings (SSSR count). The number of hydrogen-bond acceptors (Lipinski definition) is 6. The summed E-state index contributed by atoms with van der Waals surface area (Å²) in [5, 5.41) is 3.35. The molecular weight excluding hydrogens is 386 g/mol. The average molecular weight is 420 g/mol. The number of esters is 1. The maximum absolute atomic E-state index is 11.8. The van der Waals surface area contributed by atoms with Crippen molar-refractivity contribution in [2.24, 2.45) is 5.41 Å². The molecule has 29 heavy (non-hydrogen) atoms. The normalized spacial score (nSPS) is 19.9. The molecule has 1 aliphatic carbocycles. The molecule has 6 heteroatoms. The van der Waals surface area contributed by atoms with Gasteiger partial charge >= 0.3 is 5.97 Å². The van der Waals surface area contributed by atoms with E-state index in [2.05, 4.69) is 25.7 Å². The molecule has 0 aromatic heterocycles. The summed E-state index contributed by atoms with van der Waals surface area (Å²) in [6, 6.07) is 5.62. The van der Waals surface area contributed by atoms with Crippen molar-refractivity contribution in [3.63, 3.8) is 0 Å². The Morgan fingerprint density at radius 1 is 1.24 bits per heavy atom. The van der Waals surface area contributed by atoms with Crippen molar-refractivity contribution in [3.05, 3.63) is 46.5 Å². The molecule has 5 nitrogen and oxygen atoms in total. The highest BCUT2D eigenvalue weighted by molar-refractivity contribution is 8.03. The number of carbonyl (C=O) groups is 1. The summed E-state index contributed by atoms with van der Waals surface area (Å²) in [6.07, 6.45) is 2.01. The summed E-state index contributed by atoms with van der Waals surface area (Å²) >= 11 is 1.74. The summed E-state index contributed by atoms with van der Waals surface area (Å²) in [7, 11) is 3.27. The van der Waals surface area contributed by atoms with Crippen LogP contribution in [0.1, 0.15) is 39.2 Å². The fraction of sp³-hybridized carbons (Fsp3) is 0.522. The van der Waals surface area contributed by atoms with Crippen LogP contribution in [0.3, 0.4) is 0 Å². The molecule has 1 unspecified atom stereocenters. The van der Waals surface area contributed by atoms with Gasteiger partial charge in [0.1, 0.15) is 6.04 Å². The van der Waals surface area contributed by atoms with E-state index in [0.717, 1.165) is 30.1 Å². The maximum atomic E-state index is 11.8. The zero-order valence-corrected chi connectivity index (χ0v) is 19.2. The van der Waals surface area contributed by atoms with Gasteiger partial charge in [-0.2, -0.15) is 0 Å². The van der Waals surface area contributed by atoms with Gasteiger partial charge in [0.05, 0.1) is 20.8 Å². The Kier molecular flexibility index (Phi) is 8.08. The van der Waals surface area contributed by atoms with Gasteiger partial charge in [-0.1, -0.05) is 26.5 Å². The van der Waals surface area contributed by atoms with E-state index in [9.17, 15) is 4.79 Å². The van der Waals surface area contributed by atoms with Crippen molar-refractivity contribution in [2.45, 2.75) is 46.6 Å². The van der Waals surface area contributed by atoms with Gasteiger partial charge in [0, 0.05) is 16.4 Å². The van der Waals surface area contributed by atoms with Crippen LogP contribution in [-0.2, 0) is 9.53 Å². The van der Waals surface area contributed by atoms with Gasteiger partial charge in [0.25, 0.3) is 0 Å². The highest BCUT2D eigenvalue weighted by Gasteiger charge is 2.35. The van der Waals surface area contributed by atoms with Gasteiger partial charge < -0.3 is 19.5 Å². The van der Waals surface area contributed by atoms with E-state index in [0.29, 0.717) is 6.61 Å². The molecule has 2 aliphatic rings. The SMILES string of the molecule is C=C1CC(C)(C)CC2=C1SCC(C(=O)OCC)N2.COc1ccc(C)cc1OC. The predicted octanol–water partition coefficient (Wildman–Crippen LogP) is 4.85. The van der Waals surface area contributed by atoms with Gasteiger partial charge in [-0.05, 0) is 55.4 Å². The Morgan fingerprint density at radius 3 is 2.55 bits per heavy atom. The van der Waals surface area contributed by atoms with E-state index in [1.54, 1.807) is 26.0 Å². The van der Waals surface area contributed by atoms with Crippen LogP contribution in [0, 0.1) is 12.3 Å². The third-order valence-corrected chi connectivity index (χ3v) is 6.12. The summed E-state index contributed by atoms with van der Waals surface area (Å²) < 4.78 is 15.2. The molecule has 1 atom stereocenters. The molecule has 1 heterocycles. The highest BCUT2D eigenvalue weighted by atomic mass is 32.2. The zero-order chi connectivity index (χ0) is 21.6. The third-order valence-electron chi connectivity index (χ3n) is 4.80. The van der Waals surface area contributed by atoms with Crippen molar-refractivity contribution in [1.82, 2.24) is 5.32 Å². The molecule has 0 saturated carbocycles. The lowest BCUT2D eigenvalue weighted by molar-refractivity contribution is -0.144. The van der Waals surface area contributed by atoms with Crippen LogP contribution in [0.25, 0.3) is 0 Å². The van der Waals surface area contributed by atoms with E-state index >= 15 is 0 Å². The number of aryl methyl sites for hydroxylation is 1. The maximum Gasteiger partial charge on any atom is 0.329 e. The first-order valence-corrected chi connectivity index (χ1v) is 10.8. The first-order chi connectivity index (χ1) is 13.7. The minimum absolute atomic E-state index is 0.148. The summed E-state index contributed by atoms with van der Waals surface area (Å²) in [4.78, 5) is 13.0. The van der Waals surface area contributed by atoms with E-state index in [4.69, 9.17) is 14.2 Å². The molecule has 1 aromatic carbocycles. The Bertz CT molecular complexity index is 785. The molecule has 1 aromatic rings. The molecular formula is C23H33NO4S. The van der Waals surface area contributed by atoms with Crippen LogP contribution >= 0.6 is 11.8 Å². The van der Waals surface area contributed by atoms with Crippen LogP contribution in [0.15, 0.2) is 41.0 Å². The van der Waals surface area contributed by atoms with Crippen LogP contribution < -0.4 is 14.8 Å². The molecule has 1 aliphatic heterocycles. The number of ether oxygens (including phenoxy) is 3. The molecule has 0 fully saturated rings. The van der Waals surface area contributed by atoms with E-state index in [1.165, 1.54) is 21.7 Å². The van der Waals surface area contributed by atoms with Gasteiger partial charge in [-0.3, -0.25) is 0 Å². The zero-order valence-electron chi connectivity index (χ0n) is 18.4. The number of thioether (sulfide) groups is 1. The number of rotatable bonds is 4. The number of hydrogen-bond donors (Lipinski definition) is 1. The second-order valence-corrected chi connectivity index (χ2v) is 9.08. The number of benzene rings is 1. The predicted molar refractivity (Wildman–Crippen MR) is 119 cm³/mol. The van der Waals surface area contributed by atoms with Crippen molar-refractivity contribution in [1.29, 1.82) is 0 Å². The number of methoxy groups -OCH3 is 2. The first-order valence-electron chi connectivity index (χ1n) is 9.86. The van der Waals surface area contributed by atoms with Gasteiger partial charge in [0.15, 0.2) is 11.5 Å². The van der Waals surface area contributed by atoms with Gasteiger partial charge in [-0.25, -0.2) is 4.79 Å². The molecule has 0 saturated heterocycles. The Balaban J connectivity index is 0.000000234. The molecule has 1 N–H and O–H groups in total. The lowest BCUT2D eigenvalue weighted by Crippen LogP contribution is -2.44. The third kappa shape index (κ3) is 6.20. The fourth-order valence-corrected chi connectivity index (χ4v) is 4.66. The lowest BCUT2D eigenvalue weighted by Gasteiger charge is -2.38. The summed E-state index contributed by atoms with van der Waals surface area (Å²) in [5.74, 6) is 2.15. The second-order valence-electron chi connectivity index (χ2n) is 8.05. The Hall–Kier alpha value is -2.08. The average Bonchev–Trinajstić information content (AvgIpc) is 2.67. The van der Waals surface area contributed by atoms with E-state index in [1.807, 2.05) is 32.0 Å². The second kappa shape index (κ2) is 10.1. The van der Waals surface area contributed by atoms with E-state index < -0.39 is 0 Å². The summed E-state index contributed by atoms with van der Waals surface area (Å²) in [5.41, 5.74) is 3.76. The van der Waals surface area contributed by atoms with Crippen molar-refractivity contribution >= 4 is 17.7 Å². The van der Waals surface area contributed by atoms with Crippen molar-refractivity contribution in [3.8, 4) is 11.5 Å². The topological polar surface area (TPSA) is 56.8 Å². The monoisotopic (exact) mass is 419 g/mol. The number of allylic oxidation sites excluding steroid dienone is 2. The molecule has 160 valence electrons. The molecule has 0 bridgehead atoms. The minimum atomic E-state index is -0.213. The fourth-order valence-electron chi connectivity index (χ4n) is 3.53. The first kappa shape index (κ1) is 23.2. The number of nitrogens with one attached hydrogen (secondary N) is 1. The quantitative estimate of drug-likeness (QED) is 0.704. The smallest absolute Gasteiger partial charge is 0.329 e. The van der Waals surface area contributed by atoms with Crippen molar-refractivity contribution in [2.75, 3.05) is 26.6 Å². The molecule has 0 radical (unpaired) electrons. The number of carbonyl (C=O) groups excluding carboxylic acids is 1. The largest absolute Gasteiger partial charge is 0.493 e. The highest BCUT2D eigenvalue weighted by Crippen LogP contribution is 2.46.